The van der Waals surface area contributed by atoms with Crippen molar-refractivity contribution in [3.05, 3.63) is 58.9 Å². The highest BCUT2D eigenvalue weighted by Crippen LogP contribution is 2.32. The molecule has 0 saturated heterocycles. The van der Waals surface area contributed by atoms with Gasteiger partial charge in [-0.15, -0.1) is 0 Å². The predicted molar refractivity (Wildman–Crippen MR) is 79.8 cm³/mol. The third kappa shape index (κ3) is 3.32. The molecule has 0 aliphatic heterocycles. The molecule has 112 valence electrons. The maximum atomic E-state index is 13.6. The van der Waals surface area contributed by atoms with Crippen molar-refractivity contribution in [2.75, 3.05) is 14.2 Å². The summed E-state index contributed by atoms with van der Waals surface area (Å²) in [6, 6.07) is 9.99. The van der Waals surface area contributed by atoms with E-state index in [2.05, 4.69) is 5.43 Å². The number of aryl methyl sites for hydroxylation is 1. The first-order valence-corrected chi connectivity index (χ1v) is 6.54. The summed E-state index contributed by atoms with van der Waals surface area (Å²) >= 11 is 0. The summed E-state index contributed by atoms with van der Waals surface area (Å²) in [7, 11) is 3.14. The van der Waals surface area contributed by atoms with Gasteiger partial charge in [0.05, 0.1) is 20.3 Å². The van der Waals surface area contributed by atoms with E-state index in [1.807, 2.05) is 25.1 Å². The topological polar surface area (TPSA) is 56.5 Å². The maximum Gasteiger partial charge on any atom is 0.161 e. The highest BCUT2D eigenvalue weighted by atomic mass is 19.1. The van der Waals surface area contributed by atoms with Crippen LogP contribution in [0.25, 0.3) is 0 Å². The predicted octanol–water partition coefficient (Wildman–Crippen LogP) is 2.70. The molecule has 0 aromatic heterocycles. The lowest BCUT2D eigenvalue weighted by atomic mass is 9.97. The molecule has 1 unspecified atom stereocenters. The van der Waals surface area contributed by atoms with Crippen molar-refractivity contribution in [1.82, 2.24) is 5.43 Å². The maximum absolute atomic E-state index is 13.6. The molecule has 0 heterocycles. The highest BCUT2D eigenvalue weighted by Gasteiger charge is 2.16. The van der Waals surface area contributed by atoms with E-state index in [1.54, 1.807) is 20.3 Å². The van der Waals surface area contributed by atoms with E-state index in [-0.39, 0.29) is 11.9 Å². The first-order chi connectivity index (χ1) is 10.1. The van der Waals surface area contributed by atoms with Crippen molar-refractivity contribution >= 4 is 0 Å². The van der Waals surface area contributed by atoms with Gasteiger partial charge in [0.25, 0.3) is 0 Å². The highest BCUT2D eigenvalue weighted by molar-refractivity contribution is 5.46. The summed E-state index contributed by atoms with van der Waals surface area (Å²) in [5, 5.41) is 0. The van der Waals surface area contributed by atoms with E-state index in [1.165, 1.54) is 12.1 Å². The zero-order valence-corrected chi connectivity index (χ0v) is 12.3. The number of methoxy groups -OCH3 is 2. The van der Waals surface area contributed by atoms with Gasteiger partial charge in [0.15, 0.2) is 11.5 Å². The van der Waals surface area contributed by atoms with Gasteiger partial charge in [0.2, 0.25) is 0 Å². The summed E-state index contributed by atoms with van der Waals surface area (Å²) in [6.45, 7) is 1.84. The van der Waals surface area contributed by atoms with Gasteiger partial charge in [0, 0.05) is 0 Å². The minimum absolute atomic E-state index is 0.286. The summed E-state index contributed by atoms with van der Waals surface area (Å²) in [4.78, 5) is 0. The average molecular weight is 290 g/mol. The fraction of sp³-hybridized carbons (Fsp3) is 0.250. The summed E-state index contributed by atoms with van der Waals surface area (Å²) in [5.41, 5.74) is 5.17. The van der Waals surface area contributed by atoms with Crippen LogP contribution in [0.2, 0.25) is 0 Å². The molecule has 1 atom stereocenters. The Labute approximate surface area is 123 Å². The van der Waals surface area contributed by atoms with Crippen LogP contribution in [-0.4, -0.2) is 14.2 Å². The smallest absolute Gasteiger partial charge is 0.161 e. The molecule has 3 N–H and O–H groups in total. The van der Waals surface area contributed by atoms with Gasteiger partial charge in [0.1, 0.15) is 5.82 Å². The van der Waals surface area contributed by atoms with Gasteiger partial charge in [-0.2, -0.15) is 0 Å². The van der Waals surface area contributed by atoms with Crippen molar-refractivity contribution in [3.8, 4) is 11.5 Å². The van der Waals surface area contributed by atoms with E-state index in [4.69, 9.17) is 15.3 Å². The summed E-state index contributed by atoms with van der Waals surface area (Å²) in [5.74, 6) is 6.60. The van der Waals surface area contributed by atoms with Crippen LogP contribution in [0.3, 0.4) is 0 Å². The standard InChI is InChI=1S/C16H19FN2O2/c1-10-6-12(8-13(17)7-10)16(19-18)11-4-5-14(20-2)15(9-11)21-3/h4-9,16,19H,18H2,1-3H3. The number of hydrogen-bond acceptors (Lipinski definition) is 4. The van der Waals surface area contributed by atoms with Crippen molar-refractivity contribution in [2.24, 2.45) is 5.84 Å². The third-order valence-corrected chi connectivity index (χ3v) is 3.31. The third-order valence-electron chi connectivity index (χ3n) is 3.31. The molecular formula is C16H19FN2O2. The number of nitrogens with one attached hydrogen (secondary N) is 1. The monoisotopic (exact) mass is 290 g/mol. The fourth-order valence-corrected chi connectivity index (χ4v) is 2.35. The van der Waals surface area contributed by atoms with E-state index in [9.17, 15) is 4.39 Å². The van der Waals surface area contributed by atoms with Crippen molar-refractivity contribution in [3.63, 3.8) is 0 Å². The van der Waals surface area contributed by atoms with Gasteiger partial charge in [-0.1, -0.05) is 12.1 Å². The van der Waals surface area contributed by atoms with E-state index in [0.717, 1.165) is 16.7 Å². The summed E-state index contributed by atoms with van der Waals surface area (Å²) in [6.07, 6.45) is 0. The van der Waals surface area contributed by atoms with Crippen LogP contribution < -0.4 is 20.7 Å². The Morgan fingerprint density at radius 1 is 1.00 bits per heavy atom. The average Bonchev–Trinajstić information content (AvgIpc) is 2.46. The molecule has 0 fully saturated rings. The molecule has 2 rings (SSSR count). The Morgan fingerprint density at radius 3 is 2.29 bits per heavy atom. The molecule has 5 heteroatoms. The first kappa shape index (κ1) is 15.3. The molecule has 4 nitrogen and oxygen atoms in total. The van der Waals surface area contributed by atoms with E-state index >= 15 is 0 Å². The molecular weight excluding hydrogens is 271 g/mol. The normalized spacial score (nSPS) is 12.0. The van der Waals surface area contributed by atoms with Crippen LogP contribution in [0.15, 0.2) is 36.4 Å². The Hall–Kier alpha value is -2.11. The Bertz CT molecular complexity index is 611. The van der Waals surface area contributed by atoms with Gasteiger partial charge >= 0.3 is 0 Å². The quantitative estimate of drug-likeness (QED) is 0.656. The SMILES string of the molecule is COc1ccc(C(NN)c2cc(C)cc(F)c2)cc1OC. The molecule has 0 bridgehead atoms. The largest absolute Gasteiger partial charge is 0.493 e. The minimum atomic E-state index is -0.334. The van der Waals surface area contributed by atoms with Crippen LogP contribution in [0, 0.1) is 12.7 Å². The number of hydrogen-bond donors (Lipinski definition) is 2. The lowest BCUT2D eigenvalue weighted by Crippen LogP contribution is -2.29. The Morgan fingerprint density at radius 2 is 1.71 bits per heavy atom. The second kappa shape index (κ2) is 6.56. The van der Waals surface area contributed by atoms with Gasteiger partial charge in [-0.05, 0) is 47.9 Å². The van der Waals surface area contributed by atoms with Crippen molar-refractivity contribution < 1.29 is 13.9 Å². The van der Waals surface area contributed by atoms with Crippen LogP contribution >= 0.6 is 0 Å². The van der Waals surface area contributed by atoms with Crippen LogP contribution in [0.4, 0.5) is 4.39 Å². The van der Waals surface area contributed by atoms with Gasteiger partial charge in [-0.3, -0.25) is 5.84 Å². The fourth-order valence-electron chi connectivity index (χ4n) is 2.35. The van der Waals surface area contributed by atoms with Crippen molar-refractivity contribution in [1.29, 1.82) is 0 Å². The second-order valence-electron chi connectivity index (χ2n) is 4.78. The number of nitrogens with two attached hydrogens (primary N) is 1. The number of rotatable bonds is 5. The molecule has 0 saturated carbocycles. The molecule has 0 aliphatic carbocycles. The second-order valence-corrected chi connectivity index (χ2v) is 4.78. The molecule has 2 aromatic carbocycles. The molecule has 0 aliphatic rings. The first-order valence-electron chi connectivity index (χ1n) is 6.54. The Balaban J connectivity index is 2.45. The van der Waals surface area contributed by atoms with E-state index < -0.39 is 0 Å². The lowest BCUT2D eigenvalue weighted by molar-refractivity contribution is 0.354. The zero-order chi connectivity index (χ0) is 15.4. The molecule has 2 aromatic rings. The molecule has 0 amide bonds. The number of hydrazine groups is 1. The number of ether oxygens (including phenoxy) is 2. The van der Waals surface area contributed by atoms with Crippen molar-refractivity contribution in [2.45, 2.75) is 13.0 Å². The molecule has 21 heavy (non-hydrogen) atoms. The minimum Gasteiger partial charge on any atom is -0.493 e. The number of halogens is 1. The van der Waals surface area contributed by atoms with Gasteiger partial charge < -0.3 is 9.47 Å². The Kier molecular flexibility index (Phi) is 4.77. The van der Waals surface area contributed by atoms with Crippen LogP contribution in [0.1, 0.15) is 22.7 Å². The zero-order valence-electron chi connectivity index (χ0n) is 12.3. The number of benzene rings is 2. The van der Waals surface area contributed by atoms with Crippen LogP contribution in [0.5, 0.6) is 11.5 Å². The summed E-state index contributed by atoms with van der Waals surface area (Å²) < 4.78 is 24.1. The van der Waals surface area contributed by atoms with Gasteiger partial charge in [-0.25, -0.2) is 9.82 Å². The lowest BCUT2D eigenvalue weighted by Gasteiger charge is -2.19. The van der Waals surface area contributed by atoms with E-state index in [0.29, 0.717) is 11.5 Å². The molecule has 0 spiro atoms. The molecule has 0 radical (unpaired) electrons. The van der Waals surface area contributed by atoms with Crippen LogP contribution in [-0.2, 0) is 0 Å².